The molecule has 1 amide bonds. The van der Waals surface area contributed by atoms with E-state index in [0.29, 0.717) is 31.0 Å². The van der Waals surface area contributed by atoms with E-state index >= 15 is 0 Å². The highest BCUT2D eigenvalue weighted by Crippen LogP contribution is 2.25. The Labute approximate surface area is 106 Å². The van der Waals surface area contributed by atoms with E-state index in [1.54, 1.807) is 6.92 Å². The molecular weight excluding hydrogens is 235 g/mol. The number of halogens is 1. The Kier molecular flexibility index (Phi) is 5.58. The lowest BCUT2D eigenvalue weighted by Gasteiger charge is -2.13. The van der Waals surface area contributed by atoms with Crippen molar-refractivity contribution >= 4 is 11.6 Å². The molecule has 1 aromatic rings. The van der Waals surface area contributed by atoms with Crippen LogP contribution in [0.2, 0.25) is 0 Å². The van der Waals surface area contributed by atoms with Crippen molar-refractivity contribution in [2.75, 3.05) is 18.5 Å². The maximum absolute atomic E-state index is 13.1. The molecule has 0 saturated carbocycles. The molecule has 0 radical (unpaired) electrons. The van der Waals surface area contributed by atoms with Gasteiger partial charge in [0.25, 0.3) is 0 Å². The first-order valence-electron chi connectivity index (χ1n) is 5.99. The zero-order chi connectivity index (χ0) is 13.5. The number of rotatable bonds is 6. The Balaban J connectivity index is 2.74. The van der Waals surface area contributed by atoms with Crippen molar-refractivity contribution < 1.29 is 13.9 Å². The average molecular weight is 254 g/mol. The maximum atomic E-state index is 13.1. The summed E-state index contributed by atoms with van der Waals surface area (Å²) in [6.07, 6.45) is 0.333. The third kappa shape index (κ3) is 4.33. The second-order valence-electron chi connectivity index (χ2n) is 4.17. The van der Waals surface area contributed by atoms with Gasteiger partial charge in [0.2, 0.25) is 5.91 Å². The minimum atomic E-state index is -0.397. The van der Waals surface area contributed by atoms with Crippen molar-refractivity contribution in [2.45, 2.75) is 20.3 Å². The lowest BCUT2D eigenvalue weighted by Crippen LogP contribution is -2.20. The van der Waals surface area contributed by atoms with Gasteiger partial charge in [0.1, 0.15) is 11.6 Å². The van der Waals surface area contributed by atoms with E-state index in [0.717, 1.165) is 0 Å². The standard InChI is InChI=1S/C13H19FN2O2/c1-3-18-12-7-10(14)4-5-11(12)16-13(17)6-9(2)8-15/h4-5,7,9H,3,6,8,15H2,1-2H3,(H,16,17). The quantitative estimate of drug-likeness (QED) is 0.817. The van der Waals surface area contributed by atoms with Crippen molar-refractivity contribution in [2.24, 2.45) is 11.7 Å². The molecule has 0 aliphatic carbocycles. The van der Waals surface area contributed by atoms with E-state index in [9.17, 15) is 9.18 Å². The Morgan fingerprint density at radius 3 is 2.89 bits per heavy atom. The molecule has 0 aromatic heterocycles. The van der Waals surface area contributed by atoms with Crippen LogP contribution in [0.5, 0.6) is 5.75 Å². The SMILES string of the molecule is CCOc1cc(F)ccc1NC(=O)CC(C)CN. The molecule has 18 heavy (non-hydrogen) atoms. The predicted molar refractivity (Wildman–Crippen MR) is 69.0 cm³/mol. The summed E-state index contributed by atoms with van der Waals surface area (Å²) in [5.74, 6) is -0.0977. The molecule has 0 fully saturated rings. The molecule has 1 aromatic carbocycles. The van der Waals surface area contributed by atoms with E-state index in [2.05, 4.69) is 5.32 Å². The van der Waals surface area contributed by atoms with Gasteiger partial charge in [-0.15, -0.1) is 0 Å². The molecule has 0 saturated heterocycles. The second kappa shape index (κ2) is 6.96. The number of anilines is 1. The zero-order valence-electron chi connectivity index (χ0n) is 10.7. The summed E-state index contributed by atoms with van der Waals surface area (Å²) < 4.78 is 18.3. The normalized spacial score (nSPS) is 12.0. The number of nitrogens with one attached hydrogen (secondary N) is 1. The minimum Gasteiger partial charge on any atom is -0.492 e. The van der Waals surface area contributed by atoms with Gasteiger partial charge in [-0.25, -0.2) is 4.39 Å². The number of carbonyl (C=O) groups excluding carboxylic acids is 1. The summed E-state index contributed by atoms with van der Waals surface area (Å²) in [5, 5.41) is 2.70. The van der Waals surface area contributed by atoms with Crippen molar-refractivity contribution in [1.29, 1.82) is 0 Å². The summed E-state index contributed by atoms with van der Waals surface area (Å²) in [4.78, 5) is 11.7. The fourth-order valence-electron chi connectivity index (χ4n) is 1.48. The number of carbonyl (C=O) groups is 1. The molecule has 1 rings (SSSR count). The molecule has 0 spiro atoms. The number of benzene rings is 1. The van der Waals surface area contributed by atoms with Gasteiger partial charge in [0.15, 0.2) is 0 Å². The molecule has 0 heterocycles. The highest BCUT2D eigenvalue weighted by atomic mass is 19.1. The van der Waals surface area contributed by atoms with Gasteiger partial charge >= 0.3 is 0 Å². The number of nitrogens with two attached hydrogens (primary N) is 1. The van der Waals surface area contributed by atoms with Gasteiger partial charge in [0.05, 0.1) is 12.3 Å². The lowest BCUT2D eigenvalue weighted by molar-refractivity contribution is -0.116. The van der Waals surface area contributed by atoms with Crippen LogP contribution in [0.3, 0.4) is 0 Å². The van der Waals surface area contributed by atoms with Gasteiger partial charge in [-0.2, -0.15) is 0 Å². The topological polar surface area (TPSA) is 64.3 Å². The average Bonchev–Trinajstić information content (AvgIpc) is 2.32. The zero-order valence-corrected chi connectivity index (χ0v) is 10.7. The summed E-state index contributed by atoms with van der Waals surface area (Å²) in [6, 6.07) is 4.03. The number of ether oxygens (including phenoxy) is 1. The molecule has 0 aliphatic rings. The fraction of sp³-hybridized carbons (Fsp3) is 0.462. The Morgan fingerprint density at radius 1 is 1.56 bits per heavy atom. The third-order valence-corrected chi connectivity index (χ3v) is 2.45. The molecule has 5 heteroatoms. The monoisotopic (exact) mass is 254 g/mol. The molecule has 0 bridgehead atoms. The first-order valence-corrected chi connectivity index (χ1v) is 5.99. The number of amides is 1. The predicted octanol–water partition coefficient (Wildman–Crippen LogP) is 2.15. The highest BCUT2D eigenvalue weighted by Gasteiger charge is 2.11. The minimum absolute atomic E-state index is 0.112. The van der Waals surface area contributed by atoms with E-state index < -0.39 is 5.82 Å². The molecule has 1 atom stereocenters. The third-order valence-electron chi connectivity index (χ3n) is 2.45. The molecular formula is C13H19FN2O2. The van der Waals surface area contributed by atoms with Gasteiger partial charge in [-0.3, -0.25) is 4.79 Å². The van der Waals surface area contributed by atoms with E-state index in [4.69, 9.17) is 10.5 Å². The van der Waals surface area contributed by atoms with E-state index in [1.165, 1.54) is 18.2 Å². The van der Waals surface area contributed by atoms with Gasteiger partial charge < -0.3 is 15.8 Å². The number of hydrogen-bond acceptors (Lipinski definition) is 3. The van der Waals surface area contributed by atoms with Crippen LogP contribution in [0.1, 0.15) is 20.3 Å². The van der Waals surface area contributed by atoms with Crippen LogP contribution >= 0.6 is 0 Å². The fourth-order valence-corrected chi connectivity index (χ4v) is 1.48. The summed E-state index contributed by atoms with van der Waals surface area (Å²) >= 11 is 0. The van der Waals surface area contributed by atoms with Gasteiger partial charge in [-0.05, 0) is 31.5 Å². The highest BCUT2D eigenvalue weighted by molar-refractivity contribution is 5.92. The van der Waals surface area contributed by atoms with Crippen LogP contribution in [-0.2, 0) is 4.79 Å². The van der Waals surface area contributed by atoms with Crippen molar-refractivity contribution in [3.8, 4) is 5.75 Å². The largest absolute Gasteiger partial charge is 0.492 e. The van der Waals surface area contributed by atoms with E-state index in [-0.39, 0.29) is 11.8 Å². The van der Waals surface area contributed by atoms with Crippen molar-refractivity contribution in [3.63, 3.8) is 0 Å². The van der Waals surface area contributed by atoms with Crippen molar-refractivity contribution in [3.05, 3.63) is 24.0 Å². The van der Waals surface area contributed by atoms with Crippen LogP contribution in [0.4, 0.5) is 10.1 Å². The van der Waals surface area contributed by atoms with Crippen LogP contribution in [-0.4, -0.2) is 19.1 Å². The lowest BCUT2D eigenvalue weighted by atomic mass is 10.1. The molecule has 3 N–H and O–H groups in total. The molecule has 100 valence electrons. The van der Waals surface area contributed by atoms with Crippen LogP contribution in [0, 0.1) is 11.7 Å². The summed E-state index contributed by atoms with van der Waals surface area (Å²) in [6.45, 7) is 4.56. The smallest absolute Gasteiger partial charge is 0.224 e. The molecule has 4 nitrogen and oxygen atoms in total. The summed E-state index contributed by atoms with van der Waals surface area (Å²) in [7, 11) is 0. The van der Waals surface area contributed by atoms with Crippen LogP contribution in [0.15, 0.2) is 18.2 Å². The number of hydrogen-bond donors (Lipinski definition) is 2. The Hall–Kier alpha value is -1.62. The molecule has 1 unspecified atom stereocenters. The Bertz CT molecular complexity index is 410. The van der Waals surface area contributed by atoms with Gasteiger partial charge in [0, 0.05) is 12.5 Å². The van der Waals surface area contributed by atoms with Crippen molar-refractivity contribution in [1.82, 2.24) is 0 Å². The Morgan fingerprint density at radius 2 is 2.28 bits per heavy atom. The first kappa shape index (κ1) is 14.4. The first-order chi connectivity index (χ1) is 8.56. The van der Waals surface area contributed by atoms with E-state index in [1.807, 2.05) is 6.92 Å². The summed E-state index contributed by atoms with van der Waals surface area (Å²) in [5.41, 5.74) is 5.94. The van der Waals surface area contributed by atoms with Crippen LogP contribution < -0.4 is 15.8 Å². The molecule has 0 aliphatic heterocycles. The van der Waals surface area contributed by atoms with Gasteiger partial charge in [-0.1, -0.05) is 6.92 Å². The maximum Gasteiger partial charge on any atom is 0.224 e. The second-order valence-corrected chi connectivity index (χ2v) is 4.17. The van der Waals surface area contributed by atoms with Crippen LogP contribution in [0.25, 0.3) is 0 Å².